The maximum Gasteiger partial charge on any atom is 0.296 e. The molecule has 1 amide bonds. The fourth-order valence-corrected chi connectivity index (χ4v) is 1.43. The monoisotopic (exact) mass is 225 g/mol. The molecule has 0 aliphatic heterocycles. The molecule has 0 unspecified atom stereocenters. The third kappa shape index (κ3) is 2.13. The molecular formula is C8H7N3O3S. The van der Waals surface area contributed by atoms with Crippen molar-refractivity contribution in [3.63, 3.8) is 0 Å². The predicted molar refractivity (Wildman–Crippen MR) is 53.1 cm³/mol. The van der Waals surface area contributed by atoms with Crippen molar-refractivity contribution in [3.05, 3.63) is 23.4 Å². The highest BCUT2D eigenvalue weighted by atomic mass is 32.1. The van der Waals surface area contributed by atoms with Crippen LogP contribution in [0.4, 0.5) is 5.13 Å². The van der Waals surface area contributed by atoms with E-state index >= 15 is 0 Å². The zero-order chi connectivity index (χ0) is 10.7. The van der Waals surface area contributed by atoms with Gasteiger partial charge in [0, 0.05) is 11.6 Å². The van der Waals surface area contributed by atoms with Gasteiger partial charge in [-0.25, -0.2) is 4.98 Å². The summed E-state index contributed by atoms with van der Waals surface area (Å²) in [6.45, 7) is 0. The summed E-state index contributed by atoms with van der Waals surface area (Å²) in [5, 5.41) is 8.33. The first-order valence-corrected chi connectivity index (χ1v) is 4.89. The number of carbonyl (C=O) groups excluding carboxylic acids is 1. The molecule has 0 atom stereocenters. The Labute approximate surface area is 88.9 Å². The minimum Gasteiger partial charge on any atom is -0.479 e. The normalized spacial score (nSPS) is 9.93. The first-order valence-electron chi connectivity index (χ1n) is 4.01. The molecule has 0 aliphatic carbocycles. The lowest BCUT2D eigenvalue weighted by atomic mass is 10.4. The number of thiazole rings is 1. The molecule has 2 aromatic heterocycles. The first kappa shape index (κ1) is 9.66. The van der Waals surface area contributed by atoms with Crippen LogP contribution in [0.3, 0.4) is 0 Å². The molecule has 78 valence electrons. The van der Waals surface area contributed by atoms with Gasteiger partial charge in [-0.2, -0.15) is 0 Å². The van der Waals surface area contributed by atoms with Gasteiger partial charge in [-0.15, -0.1) is 11.3 Å². The van der Waals surface area contributed by atoms with Crippen LogP contribution in [0.15, 0.2) is 22.2 Å². The highest BCUT2D eigenvalue weighted by Crippen LogP contribution is 2.14. The van der Waals surface area contributed by atoms with E-state index in [0.29, 0.717) is 5.13 Å². The minimum atomic E-state index is -0.402. The Kier molecular flexibility index (Phi) is 2.64. The average Bonchev–Trinajstić information content (AvgIpc) is 2.86. The van der Waals surface area contributed by atoms with Crippen LogP contribution < -0.4 is 10.1 Å². The number of nitrogens with one attached hydrogen (secondary N) is 1. The summed E-state index contributed by atoms with van der Waals surface area (Å²) >= 11 is 1.32. The van der Waals surface area contributed by atoms with Gasteiger partial charge in [-0.3, -0.25) is 10.1 Å². The molecule has 7 heteroatoms. The van der Waals surface area contributed by atoms with Crippen molar-refractivity contribution in [2.45, 2.75) is 0 Å². The maximum absolute atomic E-state index is 11.5. The van der Waals surface area contributed by atoms with Crippen molar-refractivity contribution >= 4 is 22.4 Å². The molecule has 0 saturated carbocycles. The Bertz CT molecular complexity index is 451. The van der Waals surface area contributed by atoms with E-state index in [4.69, 9.17) is 9.26 Å². The number of hydrogen-bond donors (Lipinski definition) is 1. The second kappa shape index (κ2) is 4.09. The first-order chi connectivity index (χ1) is 7.29. The SMILES string of the molecule is COc1cc(C(=O)Nc2nccs2)on1. The van der Waals surface area contributed by atoms with Crippen LogP contribution >= 0.6 is 11.3 Å². The van der Waals surface area contributed by atoms with Crippen LogP contribution in [-0.4, -0.2) is 23.2 Å². The molecule has 2 aromatic rings. The van der Waals surface area contributed by atoms with Crippen molar-refractivity contribution in [1.82, 2.24) is 10.1 Å². The van der Waals surface area contributed by atoms with Crippen molar-refractivity contribution in [3.8, 4) is 5.88 Å². The number of carbonyl (C=O) groups is 1. The molecule has 15 heavy (non-hydrogen) atoms. The number of rotatable bonds is 3. The third-order valence-corrected chi connectivity index (χ3v) is 2.26. The molecule has 1 N–H and O–H groups in total. The average molecular weight is 225 g/mol. The lowest BCUT2D eigenvalue weighted by Crippen LogP contribution is -2.10. The standard InChI is InChI=1S/C8H7N3O3S/c1-13-6-4-5(14-11-6)7(12)10-8-9-2-3-15-8/h2-4H,1H3,(H,9,10,12). The molecule has 0 aliphatic rings. The second-order valence-corrected chi connectivity index (χ2v) is 3.42. The van der Waals surface area contributed by atoms with Crippen molar-refractivity contribution in [2.24, 2.45) is 0 Å². The number of ether oxygens (including phenoxy) is 1. The van der Waals surface area contributed by atoms with E-state index in [1.54, 1.807) is 11.6 Å². The van der Waals surface area contributed by atoms with E-state index in [2.05, 4.69) is 15.5 Å². The van der Waals surface area contributed by atoms with E-state index in [-0.39, 0.29) is 11.6 Å². The summed E-state index contributed by atoms with van der Waals surface area (Å²) in [7, 11) is 1.44. The minimum absolute atomic E-state index is 0.0852. The molecule has 0 aromatic carbocycles. The van der Waals surface area contributed by atoms with Gasteiger partial charge in [-0.05, 0) is 5.16 Å². The largest absolute Gasteiger partial charge is 0.479 e. The van der Waals surface area contributed by atoms with E-state index < -0.39 is 5.91 Å². The molecule has 0 spiro atoms. The van der Waals surface area contributed by atoms with Gasteiger partial charge in [0.15, 0.2) is 5.13 Å². The molecular weight excluding hydrogens is 218 g/mol. The van der Waals surface area contributed by atoms with E-state index in [1.165, 1.54) is 24.5 Å². The highest BCUT2D eigenvalue weighted by Gasteiger charge is 2.14. The molecule has 2 rings (SSSR count). The van der Waals surface area contributed by atoms with E-state index in [1.807, 2.05) is 0 Å². The summed E-state index contributed by atoms with van der Waals surface area (Å²) in [5.41, 5.74) is 0. The van der Waals surface area contributed by atoms with Gasteiger partial charge in [0.2, 0.25) is 5.76 Å². The Morgan fingerprint density at radius 3 is 3.13 bits per heavy atom. The molecule has 0 saturated heterocycles. The summed E-state index contributed by atoms with van der Waals surface area (Å²) in [6.07, 6.45) is 1.60. The number of amides is 1. The van der Waals surface area contributed by atoms with Gasteiger partial charge in [0.25, 0.3) is 11.8 Å². The maximum atomic E-state index is 11.5. The molecule has 6 nitrogen and oxygen atoms in total. The lowest BCUT2D eigenvalue weighted by molar-refractivity contribution is 0.0987. The fraction of sp³-hybridized carbons (Fsp3) is 0.125. The van der Waals surface area contributed by atoms with Gasteiger partial charge in [0.1, 0.15) is 0 Å². The van der Waals surface area contributed by atoms with Crippen molar-refractivity contribution in [2.75, 3.05) is 12.4 Å². The zero-order valence-corrected chi connectivity index (χ0v) is 8.58. The van der Waals surface area contributed by atoms with Crippen LogP contribution in [-0.2, 0) is 0 Å². The van der Waals surface area contributed by atoms with Crippen LogP contribution in [0.25, 0.3) is 0 Å². The molecule has 0 fully saturated rings. The zero-order valence-electron chi connectivity index (χ0n) is 7.76. The predicted octanol–water partition coefficient (Wildman–Crippen LogP) is 1.39. The highest BCUT2D eigenvalue weighted by molar-refractivity contribution is 7.13. The van der Waals surface area contributed by atoms with Crippen LogP contribution in [0.2, 0.25) is 0 Å². The van der Waals surface area contributed by atoms with Gasteiger partial charge in [-0.1, -0.05) is 0 Å². The number of hydrogen-bond acceptors (Lipinski definition) is 6. The van der Waals surface area contributed by atoms with Gasteiger partial charge in [0.05, 0.1) is 13.2 Å². The fourth-order valence-electron chi connectivity index (χ4n) is 0.906. The smallest absolute Gasteiger partial charge is 0.296 e. The number of aromatic nitrogens is 2. The summed E-state index contributed by atoms with van der Waals surface area (Å²) < 4.78 is 9.54. The number of nitrogens with zero attached hydrogens (tertiary/aromatic N) is 2. The van der Waals surface area contributed by atoms with Gasteiger partial charge >= 0.3 is 0 Å². The Morgan fingerprint density at radius 1 is 1.67 bits per heavy atom. The summed E-state index contributed by atoms with van der Waals surface area (Å²) in [4.78, 5) is 15.4. The summed E-state index contributed by atoms with van der Waals surface area (Å²) in [5.74, 6) is -0.0536. The van der Waals surface area contributed by atoms with Crippen molar-refractivity contribution in [1.29, 1.82) is 0 Å². The lowest BCUT2D eigenvalue weighted by Gasteiger charge is -1.94. The topological polar surface area (TPSA) is 77.2 Å². The Hall–Kier alpha value is -1.89. The van der Waals surface area contributed by atoms with Crippen molar-refractivity contribution < 1.29 is 14.1 Å². The van der Waals surface area contributed by atoms with Crippen LogP contribution in [0.5, 0.6) is 5.88 Å². The quantitative estimate of drug-likeness (QED) is 0.854. The van der Waals surface area contributed by atoms with Crippen LogP contribution in [0.1, 0.15) is 10.6 Å². The molecule has 2 heterocycles. The van der Waals surface area contributed by atoms with E-state index in [0.717, 1.165) is 0 Å². The van der Waals surface area contributed by atoms with Crippen LogP contribution in [0, 0.1) is 0 Å². The Balaban J connectivity index is 2.08. The van der Waals surface area contributed by atoms with Gasteiger partial charge < -0.3 is 9.26 Å². The number of anilines is 1. The summed E-state index contributed by atoms with van der Waals surface area (Å²) in [6, 6.07) is 1.41. The third-order valence-electron chi connectivity index (χ3n) is 1.57. The second-order valence-electron chi connectivity index (χ2n) is 2.52. The molecule has 0 bridgehead atoms. The number of methoxy groups -OCH3 is 1. The molecule has 0 radical (unpaired) electrons. The Morgan fingerprint density at radius 2 is 2.53 bits per heavy atom. The van der Waals surface area contributed by atoms with E-state index in [9.17, 15) is 4.79 Å².